The molecule has 184 valence electrons. The summed E-state index contributed by atoms with van der Waals surface area (Å²) in [6.45, 7) is 0. The summed E-state index contributed by atoms with van der Waals surface area (Å²) in [5.74, 6) is -2.76. The van der Waals surface area contributed by atoms with Crippen LogP contribution in [0, 0.1) is 20.2 Å². The van der Waals surface area contributed by atoms with Crippen molar-refractivity contribution in [1.29, 1.82) is 0 Å². The van der Waals surface area contributed by atoms with E-state index in [2.05, 4.69) is 0 Å². The number of halogens is 2. The first-order chi connectivity index (χ1) is 17.7. The van der Waals surface area contributed by atoms with E-state index < -0.39 is 44.3 Å². The van der Waals surface area contributed by atoms with E-state index in [-0.39, 0.29) is 21.2 Å². The Morgan fingerprint density at radius 1 is 0.595 bits per heavy atom. The first-order valence-electron chi connectivity index (χ1n) is 10.5. The van der Waals surface area contributed by atoms with Crippen LogP contribution in [0.15, 0.2) is 84.9 Å². The van der Waals surface area contributed by atoms with Gasteiger partial charge in [-0.15, -0.1) is 0 Å². The molecular weight excluding hydrogens is 523 g/mol. The van der Waals surface area contributed by atoms with E-state index in [1.54, 1.807) is 60.7 Å². The van der Waals surface area contributed by atoms with Gasteiger partial charge in [0.1, 0.15) is 11.1 Å². The third kappa shape index (κ3) is 5.04. The second kappa shape index (κ2) is 10.6. The highest BCUT2D eigenvalue weighted by atomic mass is 35.5. The molecule has 0 saturated carbocycles. The minimum absolute atomic E-state index is 0.00150. The molecule has 9 nitrogen and oxygen atoms in total. The Bertz CT molecular complexity index is 1440. The van der Waals surface area contributed by atoms with Crippen LogP contribution in [0.5, 0.6) is 0 Å². The molecule has 0 unspecified atom stereocenters. The molecule has 0 heterocycles. The average molecular weight is 537 g/mol. The van der Waals surface area contributed by atoms with E-state index in [1.807, 2.05) is 0 Å². The lowest BCUT2D eigenvalue weighted by Crippen LogP contribution is -2.16. The zero-order chi connectivity index (χ0) is 26.7. The van der Waals surface area contributed by atoms with Crippen LogP contribution in [0.1, 0.15) is 20.7 Å². The molecule has 0 spiro atoms. The molecule has 37 heavy (non-hydrogen) atoms. The van der Waals surface area contributed by atoms with Crippen LogP contribution in [-0.2, 0) is 4.74 Å². The lowest BCUT2D eigenvalue weighted by atomic mass is 9.99. The Morgan fingerprint density at radius 3 is 1.27 bits per heavy atom. The third-order valence-corrected chi connectivity index (χ3v) is 6.00. The van der Waals surface area contributed by atoms with Crippen molar-refractivity contribution in [3.63, 3.8) is 0 Å². The Kier molecular flexibility index (Phi) is 7.28. The second-order valence-electron chi connectivity index (χ2n) is 7.56. The Labute approximate surface area is 219 Å². The number of hydrogen-bond donors (Lipinski definition) is 0. The van der Waals surface area contributed by atoms with Gasteiger partial charge >= 0.3 is 11.9 Å². The van der Waals surface area contributed by atoms with Crippen molar-refractivity contribution in [2.75, 3.05) is 0 Å². The summed E-state index contributed by atoms with van der Waals surface area (Å²) in [6.07, 6.45) is 0. The van der Waals surface area contributed by atoms with Gasteiger partial charge in [-0.1, -0.05) is 83.9 Å². The fourth-order valence-corrected chi connectivity index (χ4v) is 4.32. The molecule has 0 aromatic heterocycles. The first-order valence-corrected chi connectivity index (χ1v) is 11.3. The van der Waals surface area contributed by atoms with Gasteiger partial charge in [0.05, 0.1) is 31.0 Å². The van der Waals surface area contributed by atoms with Crippen LogP contribution in [0.2, 0.25) is 10.0 Å². The van der Waals surface area contributed by atoms with Crippen LogP contribution in [0.25, 0.3) is 22.3 Å². The molecule has 0 amide bonds. The van der Waals surface area contributed by atoms with Crippen LogP contribution in [0.3, 0.4) is 0 Å². The number of hydrogen-bond acceptors (Lipinski definition) is 7. The van der Waals surface area contributed by atoms with Crippen molar-refractivity contribution in [3.05, 3.63) is 126 Å². The molecule has 0 aliphatic carbocycles. The van der Waals surface area contributed by atoms with Crippen LogP contribution in [0.4, 0.5) is 11.4 Å². The van der Waals surface area contributed by atoms with Gasteiger partial charge in [-0.05, 0) is 35.4 Å². The highest BCUT2D eigenvalue weighted by molar-refractivity contribution is 6.35. The summed E-state index contributed by atoms with van der Waals surface area (Å²) in [5.41, 5.74) is -1.82. The highest BCUT2D eigenvalue weighted by Gasteiger charge is 2.33. The van der Waals surface area contributed by atoms with E-state index in [9.17, 15) is 29.8 Å². The van der Waals surface area contributed by atoms with Gasteiger partial charge in [0.25, 0.3) is 11.4 Å². The molecule has 11 heteroatoms. The van der Waals surface area contributed by atoms with Gasteiger partial charge in [-0.25, -0.2) is 9.59 Å². The van der Waals surface area contributed by atoms with Gasteiger partial charge in [0.15, 0.2) is 0 Å². The Morgan fingerprint density at radius 2 is 0.946 bits per heavy atom. The van der Waals surface area contributed by atoms with Crippen LogP contribution >= 0.6 is 23.2 Å². The monoisotopic (exact) mass is 536 g/mol. The largest absolute Gasteiger partial charge is 0.385 e. The maximum absolute atomic E-state index is 13.0. The standard InChI is InChI=1S/C26H14Cl2N2O7/c27-19-13-11-17(23(29(33)34)21(19)15-7-3-1-4-8-15)25(31)37-26(32)18-12-14-20(28)22(24(18)30(35)36)16-9-5-2-6-10-16/h1-14H. The predicted octanol–water partition coefficient (Wildman–Crippen LogP) is 7.14. The summed E-state index contributed by atoms with van der Waals surface area (Å²) in [4.78, 5) is 48.2. The summed E-state index contributed by atoms with van der Waals surface area (Å²) < 4.78 is 4.89. The van der Waals surface area contributed by atoms with Crippen molar-refractivity contribution in [2.45, 2.75) is 0 Å². The quantitative estimate of drug-likeness (QED) is 0.111. The number of nitro groups is 2. The lowest BCUT2D eigenvalue weighted by Gasteiger charge is -2.11. The van der Waals surface area contributed by atoms with Gasteiger partial charge in [0.2, 0.25) is 0 Å². The van der Waals surface area contributed by atoms with Crippen molar-refractivity contribution >= 4 is 46.5 Å². The number of rotatable bonds is 6. The minimum Gasteiger partial charge on any atom is -0.385 e. The van der Waals surface area contributed by atoms with E-state index >= 15 is 0 Å². The molecule has 4 rings (SSSR count). The molecule has 0 atom stereocenters. The number of carbonyl (C=O) groups is 2. The van der Waals surface area contributed by atoms with Crippen molar-refractivity contribution < 1.29 is 24.2 Å². The summed E-state index contributed by atoms with van der Waals surface area (Å²) >= 11 is 12.4. The lowest BCUT2D eigenvalue weighted by molar-refractivity contribution is -0.384. The second-order valence-corrected chi connectivity index (χ2v) is 8.37. The van der Waals surface area contributed by atoms with Crippen LogP contribution in [-0.4, -0.2) is 21.8 Å². The number of nitrogens with zero attached hydrogens (tertiary/aromatic N) is 2. The number of ether oxygens (including phenoxy) is 1. The van der Waals surface area contributed by atoms with Gasteiger partial charge < -0.3 is 4.74 Å². The highest BCUT2D eigenvalue weighted by Crippen LogP contribution is 2.41. The zero-order valence-corrected chi connectivity index (χ0v) is 20.1. The molecule has 0 fully saturated rings. The molecule has 0 aliphatic heterocycles. The molecule has 0 aliphatic rings. The molecule has 4 aromatic carbocycles. The number of nitro benzene ring substituents is 2. The summed E-state index contributed by atoms with van der Waals surface area (Å²) in [7, 11) is 0. The predicted molar refractivity (Wildman–Crippen MR) is 137 cm³/mol. The van der Waals surface area contributed by atoms with E-state index in [0.717, 1.165) is 12.1 Å². The Hall–Kier alpha value is -4.60. The zero-order valence-electron chi connectivity index (χ0n) is 18.6. The SMILES string of the molecule is O=C(OC(=O)c1ccc(Cl)c(-c2ccccc2)c1[N+](=O)[O-])c1ccc(Cl)c(-c2ccccc2)c1[N+](=O)[O-]. The van der Waals surface area contributed by atoms with Crippen LogP contribution < -0.4 is 0 Å². The van der Waals surface area contributed by atoms with Crippen molar-refractivity contribution in [3.8, 4) is 22.3 Å². The Balaban J connectivity index is 1.78. The first kappa shape index (κ1) is 25.5. The number of benzene rings is 4. The molecular formula is C26H14Cl2N2O7. The smallest absolute Gasteiger partial charge is 0.353 e. The van der Waals surface area contributed by atoms with Gasteiger partial charge in [0, 0.05) is 0 Å². The molecule has 4 aromatic rings. The molecule has 0 N–H and O–H groups in total. The van der Waals surface area contributed by atoms with Gasteiger partial charge in [-0.2, -0.15) is 0 Å². The number of carbonyl (C=O) groups excluding carboxylic acids is 2. The van der Waals surface area contributed by atoms with E-state index in [1.165, 1.54) is 12.1 Å². The normalized spacial score (nSPS) is 10.5. The summed E-state index contributed by atoms with van der Waals surface area (Å²) in [6, 6.07) is 20.8. The molecule has 0 bridgehead atoms. The van der Waals surface area contributed by atoms with E-state index in [4.69, 9.17) is 27.9 Å². The molecule has 0 radical (unpaired) electrons. The molecule has 0 saturated heterocycles. The summed E-state index contributed by atoms with van der Waals surface area (Å²) in [5, 5.41) is 23.9. The van der Waals surface area contributed by atoms with Crippen molar-refractivity contribution in [2.24, 2.45) is 0 Å². The maximum Gasteiger partial charge on any atom is 0.353 e. The topological polar surface area (TPSA) is 130 Å². The van der Waals surface area contributed by atoms with E-state index in [0.29, 0.717) is 11.1 Å². The maximum atomic E-state index is 13.0. The van der Waals surface area contributed by atoms with Gasteiger partial charge in [-0.3, -0.25) is 20.2 Å². The third-order valence-electron chi connectivity index (χ3n) is 5.37. The van der Waals surface area contributed by atoms with Crippen molar-refractivity contribution in [1.82, 2.24) is 0 Å². The average Bonchev–Trinajstić information content (AvgIpc) is 2.88. The minimum atomic E-state index is -1.38. The fourth-order valence-electron chi connectivity index (χ4n) is 3.79. The fraction of sp³-hybridized carbons (Fsp3) is 0. The number of esters is 2.